The van der Waals surface area contributed by atoms with Crippen LogP contribution in [0.5, 0.6) is 0 Å². The first-order valence-electron chi connectivity index (χ1n) is 11.5. The molecule has 0 spiro atoms. The molecule has 2 amide bonds. The number of aromatic nitrogens is 1. The monoisotopic (exact) mass is 503 g/mol. The molecule has 0 aliphatic rings. The van der Waals surface area contributed by atoms with Gasteiger partial charge in [0.05, 0.1) is 24.7 Å². The summed E-state index contributed by atoms with van der Waals surface area (Å²) >= 11 is 0. The zero-order valence-corrected chi connectivity index (χ0v) is 21.1. The van der Waals surface area contributed by atoms with E-state index in [1.807, 2.05) is 48.5 Å². The van der Waals surface area contributed by atoms with Crippen LogP contribution in [0.3, 0.4) is 0 Å². The van der Waals surface area contributed by atoms with E-state index in [2.05, 4.69) is 15.6 Å². The van der Waals surface area contributed by atoms with Crippen LogP contribution in [0.2, 0.25) is 0 Å². The second kappa shape index (κ2) is 12.3. The molecule has 9 nitrogen and oxygen atoms in total. The summed E-state index contributed by atoms with van der Waals surface area (Å²) in [6.07, 6.45) is 1.27. The van der Waals surface area contributed by atoms with E-state index in [0.717, 1.165) is 11.1 Å². The van der Waals surface area contributed by atoms with Gasteiger partial charge in [0.2, 0.25) is 0 Å². The van der Waals surface area contributed by atoms with Crippen molar-refractivity contribution in [1.29, 1.82) is 0 Å². The number of hydrogen-bond acceptors (Lipinski definition) is 7. The van der Waals surface area contributed by atoms with Crippen LogP contribution in [-0.4, -0.2) is 35.9 Å². The molecule has 0 aliphatic heterocycles. The van der Waals surface area contributed by atoms with Crippen LogP contribution in [0.15, 0.2) is 78.6 Å². The quantitative estimate of drug-likeness (QED) is 0.247. The molecule has 0 saturated heterocycles. The van der Waals surface area contributed by atoms with Crippen LogP contribution in [0.1, 0.15) is 31.9 Å². The van der Waals surface area contributed by atoms with Gasteiger partial charge < -0.3 is 14.2 Å². The number of methoxy groups -OCH3 is 1. The smallest absolute Gasteiger partial charge is 0.412 e. The Morgan fingerprint density at radius 2 is 1.59 bits per heavy atom. The molecule has 0 atom stereocenters. The number of rotatable bonds is 7. The van der Waals surface area contributed by atoms with Gasteiger partial charge in [-0.1, -0.05) is 60.7 Å². The lowest BCUT2D eigenvalue weighted by Crippen LogP contribution is -2.29. The maximum Gasteiger partial charge on any atom is 0.412 e. The standard InChI is InChI=1S/C28H29N3O6/c1-28(2,3)37-27(34)31-24-17-29-22(20-13-9-6-10-14-20)15-21(24)16-23(25(32)35-4)30-26(33)36-18-19-11-7-5-8-12-19/h5-17H,18H2,1-4H3,(H,30,33)(H,31,34). The summed E-state index contributed by atoms with van der Waals surface area (Å²) in [4.78, 5) is 41.8. The molecule has 0 fully saturated rings. The summed E-state index contributed by atoms with van der Waals surface area (Å²) in [6.45, 7) is 5.24. The predicted molar refractivity (Wildman–Crippen MR) is 139 cm³/mol. The largest absolute Gasteiger partial charge is 0.464 e. The Morgan fingerprint density at radius 1 is 0.946 bits per heavy atom. The first-order chi connectivity index (χ1) is 17.6. The van der Waals surface area contributed by atoms with Crippen LogP contribution in [-0.2, 0) is 25.6 Å². The normalized spacial score (nSPS) is 11.3. The SMILES string of the molecule is COC(=O)C(=Cc1cc(-c2ccccc2)ncc1NC(=O)OC(C)(C)C)NC(=O)OCc1ccccc1. The Kier molecular flexibility index (Phi) is 8.99. The van der Waals surface area contributed by atoms with Crippen molar-refractivity contribution >= 4 is 29.9 Å². The molecule has 1 aromatic heterocycles. The maximum absolute atomic E-state index is 12.5. The van der Waals surface area contributed by atoms with E-state index in [4.69, 9.17) is 14.2 Å². The minimum Gasteiger partial charge on any atom is -0.464 e. The molecule has 1 heterocycles. The van der Waals surface area contributed by atoms with Crippen molar-refractivity contribution < 1.29 is 28.6 Å². The summed E-state index contributed by atoms with van der Waals surface area (Å²) in [5, 5.41) is 5.07. The zero-order chi connectivity index (χ0) is 26.8. The first-order valence-corrected chi connectivity index (χ1v) is 11.5. The molecular formula is C28H29N3O6. The molecule has 2 aromatic carbocycles. The van der Waals surface area contributed by atoms with Gasteiger partial charge in [-0.15, -0.1) is 0 Å². The van der Waals surface area contributed by atoms with Crippen molar-refractivity contribution in [3.8, 4) is 11.3 Å². The van der Waals surface area contributed by atoms with Gasteiger partial charge >= 0.3 is 18.2 Å². The fourth-order valence-electron chi connectivity index (χ4n) is 3.16. The van der Waals surface area contributed by atoms with Gasteiger partial charge in [0.15, 0.2) is 0 Å². The van der Waals surface area contributed by atoms with Gasteiger partial charge in [-0.3, -0.25) is 15.6 Å². The molecule has 9 heteroatoms. The van der Waals surface area contributed by atoms with Crippen molar-refractivity contribution in [2.75, 3.05) is 12.4 Å². The fraction of sp³-hybridized carbons (Fsp3) is 0.214. The Balaban J connectivity index is 1.93. The first kappa shape index (κ1) is 26.9. The van der Waals surface area contributed by atoms with Crippen LogP contribution >= 0.6 is 0 Å². The number of anilines is 1. The van der Waals surface area contributed by atoms with Crippen molar-refractivity contribution in [3.63, 3.8) is 0 Å². The number of carbonyl (C=O) groups excluding carboxylic acids is 3. The van der Waals surface area contributed by atoms with Crippen LogP contribution < -0.4 is 10.6 Å². The lowest BCUT2D eigenvalue weighted by molar-refractivity contribution is -0.136. The number of nitrogens with one attached hydrogen (secondary N) is 2. The Labute approximate surface area is 215 Å². The number of nitrogens with zero attached hydrogens (tertiary/aromatic N) is 1. The highest BCUT2D eigenvalue weighted by molar-refractivity contribution is 5.98. The topological polar surface area (TPSA) is 116 Å². The van der Waals surface area contributed by atoms with Crippen LogP contribution in [0, 0.1) is 0 Å². The van der Waals surface area contributed by atoms with Gasteiger partial charge in [-0.25, -0.2) is 14.4 Å². The molecule has 0 saturated carbocycles. The van der Waals surface area contributed by atoms with Gasteiger partial charge in [0.1, 0.15) is 17.9 Å². The van der Waals surface area contributed by atoms with E-state index in [1.165, 1.54) is 19.4 Å². The van der Waals surface area contributed by atoms with E-state index in [-0.39, 0.29) is 18.0 Å². The number of pyridine rings is 1. The van der Waals surface area contributed by atoms with Crippen molar-refractivity contribution in [2.24, 2.45) is 0 Å². The third-order valence-corrected chi connectivity index (χ3v) is 4.80. The maximum atomic E-state index is 12.5. The van der Waals surface area contributed by atoms with E-state index < -0.39 is 23.8 Å². The van der Waals surface area contributed by atoms with Crippen LogP contribution in [0.25, 0.3) is 17.3 Å². The molecule has 37 heavy (non-hydrogen) atoms. The molecule has 0 aliphatic carbocycles. The zero-order valence-electron chi connectivity index (χ0n) is 21.1. The number of alkyl carbamates (subject to hydrolysis) is 1. The third kappa shape index (κ3) is 8.50. The molecular weight excluding hydrogens is 474 g/mol. The van der Waals surface area contributed by atoms with E-state index >= 15 is 0 Å². The highest BCUT2D eigenvalue weighted by Crippen LogP contribution is 2.25. The molecule has 192 valence electrons. The second-order valence-electron chi connectivity index (χ2n) is 8.89. The second-order valence-corrected chi connectivity index (χ2v) is 8.89. The molecule has 0 unspecified atom stereocenters. The number of esters is 1. The number of amides is 2. The van der Waals surface area contributed by atoms with E-state index in [0.29, 0.717) is 11.3 Å². The molecule has 2 N–H and O–H groups in total. The molecule has 0 radical (unpaired) electrons. The number of hydrogen-bond donors (Lipinski definition) is 2. The predicted octanol–water partition coefficient (Wildman–Crippen LogP) is 5.54. The van der Waals surface area contributed by atoms with Gasteiger partial charge in [0, 0.05) is 11.1 Å². The number of ether oxygens (including phenoxy) is 3. The highest BCUT2D eigenvalue weighted by Gasteiger charge is 2.20. The Hall–Kier alpha value is -4.66. The third-order valence-electron chi connectivity index (χ3n) is 4.80. The fourth-order valence-corrected chi connectivity index (χ4v) is 3.16. The van der Waals surface area contributed by atoms with Crippen molar-refractivity contribution in [1.82, 2.24) is 10.3 Å². The summed E-state index contributed by atoms with van der Waals surface area (Å²) in [5.41, 5.74) is 1.90. The average Bonchev–Trinajstić information content (AvgIpc) is 2.87. The van der Waals surface area contributed by atoms with Gasteiger partial charge in [-0.05, 0) is 38.5 Å². The van der Waals surface area contributed by atoms with E-state index in [9.17, 15) is 14.4 Å². The highest BCUT2D eigenvalue weighted by atomic mass is 16.6. The van der Waals surface area contributed by atoms with Gasteiger partial charge in [0.25, 0.3) is 0 Å². The molecule has 3 aromatic rings. The molecule has 0 bridgehead atoms. The van der Waals surface area contributed by atoms with Gasteiger partial charge in [-0.2, -0.15) is 0 Å². The van der Waals surface area contributed by atoms with Crippen LogP contribution in [0.4, 0.5) is 15.3 Å². The summed E-state index contributed by atoms with van der Waals surface area (Å²) in [5.74, 6) is -0.807. The number of carbonyl (C=O) groups is 3. The lowest BCUT2D eigenvalue weighted by atomic mass is 10.1. The Morgan fingerprint density at radius 3 is 2.22 bits per heavy atom. The average molecular weight is 504 g/mol. The minimum absolute atomic E-state index is 0.0139. The van der Waals surface area contributed by atoms with Crippen molar-refractivity contribution in [3.05, 3.63) is 89.8 Å². The lowest BCUT2D eigenvalue weighted by Gasteiger charge is -2.20. The summed E-state index contributed by atoms with van der Waals surface area (Å²) in [7, 11) is 1.19. The minimum atomic E-state index is -0.848. The van der Waals surface area contributed by atoms with E-state index in [1.54, 1.807) is 39.0 Å². The summed E-state index contributed by atoms with van der Waals surface area (Å²) < 4.78 is 15.4. The van der Waals surface area contributed by atoms with Crippen molar-refractivity contribution in [2.45, 2.75) is 33.0 Å². The molecule has 3 rings (SSSR count). The number of benzene rings is 2. The Bertz CT molecular complexity index is 1270. The summed E-state index contributed by atoms with van der Waals surface area (Å²) in [6, 6.07) is 20.1.